The molecule has 0 saturated carbocycles. The molecule has 7 heteroatoms. The van der Waals surface area contributed by atoms with Crippen LogP contribution in [0.4, 0.5) is 5.13 Å². The van der Waals surface area contributed by atoms with Crippen molar-refractivity contribution in [3.8, 4) is 0 Å². The Balaban J connectivity index is 2.48. The zero-order valence-corrected chi connectivity index (χ0v) is 11.2. The maximum Gasteiger partial charge on any atom is 0.252 e. The van der Waals surface area contributed by atoms with Crippen molar-refractivity contribution in [1.29, 1.82) is 0 Å². The van der Waals surface area contributed by atoms with Gasteiger partial charge in [-0.05, 0) is 6.42 Å². The van der Waals surface area contributed by atoms with Gasteiger partial charge < -0.3 is 4.74 Å². The molecule has 0 radical (unpaired) electrons. The first kappa shape index (κ1) is 13.4. The Bertz CT molecular complexity index is 343. The van der Waals surface area contributed by atoms with Crippen LogP contribution in [-0.2, 0) is 9.53 Å². The predicted molar refractivity (Wildman–Crippen MR) is 66.0 cm³/mol. The third-order valence-corrected chi connectivity index (χ3v) is 4.00. The van der Waals surface area contributed by atoms with E-state index >= 15 is 0 Å². The van der Waals surface area contributed by atoms with Crippen molar-refractivity contribution in [3.05, 3.63) is 0 Å². The van der Waals surface area contributed by atoms with Crippen LogP contribution in [0.25, 0.3) is 0 Å². The molecule has 0 bridgehead atoms. The van der Waals surface area contributed by atoms with Crippen molar-refractivity contribution in [1.82, 2.24) is 10.2 Å². The summed E-state index contributed by atoms with van der Waals surface area (Å²) in [5.41, 5.74) is 0. The first-order chi connectivity index (χ1) is 7.65. The normalized spacial score (nSPS) is 12.4. The van der Waals surface area contributed by atoms with E-state index in [1.807, 2.05) is 0 Å². The van der Waals surface area contributed by atoms with E-state index in [1.165, 1.54) is 18.4 Å². The average molecular weight is 261 g/mol. The van der Waals surface area contributed by atoms with Crippen molar-refractivity contribution >= 4 is 34.1 Å². The van der Waals surface area contributed by atoms with Crippen molar-refractivity contribution < 1.29 is 9.53 Å². The summed E-state index contributed by atoms with van der Waals surface area (Å²) in [7, 11) is 1.48. The number of carbonyl (C=O) groups is 1. The van der Waals surface area contributed by atoms with Crippen molar-refractivity contribution in [2.45, 2.75) is 29.9 Å². The van der Waals surface area contributed by atoms with Gasteiger partial charge in [-0.2, -0.15) is 0 Å². The Morgan fingerprint density at radius 3 is 3.00 bits per heavy atom. The highest BCUT2D eigenvalue weighted by atomic mass is 32.2. The van der Waals surface area contributed by atoms with Gasteiger partial charge in [0.25, 0.3) is 5.91 Å². The largest absolute Gasteiger partial charge is 0.375 e. The lowest BCUT2D eigenvalue weighted by Gasteiger charge is -2.02. The number of nitrogens with one attached hydrogen (secondary N) is 1. The number of thioether (sulfide) groups is 1. The topological polar surface area (TPSA) is 64.1 Å². The molecule has 1 rings (SSSR count). The second-order valence-electron chi connectivity index (χ2n) is 3.19. The van der Waals surface area contributed by atoms with Crippen molar-refractivity contribution in [2.75, 3.05) is 19.0 Å². The molecule has 0 spiro atoms. The number of hydrogen-bond acceptors (Lipinski definition) is 6. The van der Waals surface area contributed by atoms with E-state index in [0.29, 0.717) is 10.4 Å². The summed E-state index contributed by atoms with van der Waals surface area (Å²) >= 11 is 3.05. The monoisotopic (exact) mass is 261 g/mol. The molecule has 1 amide bonds. The smallest absolute Gasteiger partial charge is 0.252 e. The van der Waals surface area contributed by atoms with E-state index in [-0.39, 0.29) is 12.5 Å². The predicted octanol–water partition coefficient (Wildman–Crippen LogP) is 2.01. The van der Waals surface area contributed by atoms with Gasteiger partial charge in [0, 0.05) is 12.4 Å². The highest BCUT2D eigenvalue weighted by Crippen LogP contribution is 2.29. The Labute approximate surface area is 103 Å². The minimum Gasteiger partial charge on any atom is -0.375 e. The fraction of sp³-hybridized carbons (Fsp3) is 0.667. The number of rotatable bonds is 6. The van der Waals surface area contributed by atoms with Crippen LogP contribution < -0.4 is 5.32 Å². The first-order valence-corrected chi connectivity index (χ1v) is 6.64. The van der Waals surface area contributed by atoms with Crippen LogP contribution in [0.15, 0.2) is 4.34 Å². The van der Waals surface area contributed by atoms with Gasteiger partial charge >= 0.3 is 0 Å². The molecular formula is C9H15N3O2S2. The molecule has 1 aromatic heterocycles. The van der Waals surface area contributed by atoms with Gasteiger partial charge in [-0.3, -0.25) is 10.1 Å². The fourth-order valence-corrected chi connectivity index (χ4v) is 2.86. The van der Waals surface area contributed by atoms with Gasteiger partial charge in [0.15, 0.2) is 4.34 Å². The maximum atomic E-state index is 11.2. The Hall–Kier alpha value is -0.660. The van der Waals surface area contributed by atoms with Crippen molar-refractivity contribution in [2.24, 2.45) is 0 Å². The van der Waals surface area contributed by atoms with Crippen LogP contribution in [0.3, 0.4) is 0 Å². The lowest BCUT2D eigenvalue weighted by atomic mass is 10.4. The van der Waals surface area contributed by atoms with E-state index in [0.717, 1.165) is 10.8 Å². The Kier molecular flexibility index (Phi) is 5.72. The molecule has 0 saturated heterocycles. The zero-order valence-electron chi connectivity index (χ0n) is 9.52. The molecule has 0 aliphatic carbocycles. The van der Waals surface area contributed by atoms with Crippen LogP contribution in [0, 0.1) is 0 Å². The van der Waals surface area contributed by atoms with E-state index < -0.39 is 0 Å². The Morgan fingerprint density at radius 2 is 2.38 bits per heavy atom. The van der Waals surface area contributed by atoms with E-state index in [9.17, 15) is 4.79 Å². The maximum absolute atomic E-state index is 11.2. The van der Waals surface area contributed by atoms with Gasteiger partial charge in [0.1, 0.15) is 6.61 Å². The van der Waals surface area contributed by atoms with Crippen molar-refractivity contribution in [3.63, 3.8) is 0 Å². The minimum atomic E-state index is -0.210. The zero-order chi connectivity index (χ0) is 12.0. The second-order valence-corrected chi connectivity index (χ2v) is 5.85. The average Bonchev–Trinajstić information content (AvgIpc) is 2.65. The van der Waals surface area contributed by atoms with Crippen LogP contribution in [0.5, 0.6) is 0 Å². The molecule has 1 atom stereocenters. The molecular weight excluding hydrogens is 246 g/mol. The Morgan fingerprint density at radius 1 is 1.62 bits per heavy atom. The number of carbonyl (C=O) groups excluding carboxylic acids is 1. The summed E-state index contributed by atoms with van der Waals surface area (Å²) in [6, 6.07) is 0. The van der Waals surface area contributed by atoms with Crippen LogP contribution in [-0.4, -0.2) is 35.1 Å². The second kappa shape index (κ2) is 6.82. The molecule has 1 N–H and O–H groups in total. The molecule has 90 valence electrons. The molecule has 0 aromatic carbocycles. The molecule has 1 aromatic rings. The third-order valence-electron chi connectivity index (χ3n) is 1.81. The molecule has 0 fully saturated rings. The third kappa shape index (κ3) is 4.46. The number of hydrogen-bond donors (Lipinski definition) is 1. The van der Waals surface area contributed by atoms with E-state index in [2.05, 4.69) is 29.4 Å². The van der Waals surface area contributed by atoms with Crippen LogP contribution in [0.2, 0.25) is 0 Å². The molecule has 1 heterocycles. The SMILES string of the molecule is CCC(C)Sc1nnc(NC(=O)COC)s1. The summed E-state index contributed by atoms with van der Waals surface area (Å²) < 4.78 is 5.58. The fourth-order valence-electron chi connectivity index (χ4n) is 0.850. The summed E-state index contributed by atoms with van der Waals surface area (Å²) in [6.45, 7) is 4.29. The van der Waals surface area contributed by atoms with Gasteiger partial charge in [0.2, 0.25) is 5.13 Å². The van der Waals surface area contributed by atoms with Gasteiger partial charge in [-0.1, -0.05) is 36.9 Å². The molecule has 0 aliphatic rings. The molecule has 1 unspecified atom stereocenters. The number of ether oxygens (including phenoxy) is 1. The summed E-state index contributed by atoms with van der Waals surface area (Å²) in [5.74, 6) is -0.210. The van der Waals surface area contributed by atoms with E-state index in [1.54, 1.807) is 11.8 Å². The molecule has 16 heavy (non-hydrogen) atoms. The first-order valence-electron chi connectivity index (χ1n) is 4.94. The van der Waals surface area contributed by atoms with Gasteiger partial charge in [-0.25, -0.2) is 0 Å². The quantitative estimate of drug-likeness (QED) is 0.627. The number of anilines is 1. The highest BCUT2D eigenvalue weighted by Gasteiger charge is 2.10. The van der Waals surface area contributed by atoms with Crippen LogP contribution >= 0.6 is 23.1 Å². The number of nitrogens with zero attached hydrogens (tertiary/aromatic N) is 2. The number of methoxy groups -OCH3 is 1. The van der Waals surface area contributed by atoms with Crippen LogP contribution in [0.1, 0.15) is 20.3 Å². The summed E-state index contributed by atoms with van der Waals surface area (Å²) in [4.78, 5) is 11.2. The van der Waals surface area contributed by atoms with Gasteiger partial charge in [-0.15, -0.1) is 10.2 Å². The molecule has 0 aliphatic heterocycles. The minimum absolute atomic E-state index is 0.0351. The highest BCUT2D eigenvalue weighted by molar-refractivity contribution is 8.01. The summed E-state index contributed by atoms with van der Waals surface area (Å²) in [6.07, 6.45) is 1.08. The number of aromatic nitrogens is 2. The van der Waals surface area contributed by atoms with E-state index in [4.69, 9.17) is 4.74 Å². The number of amides is 1. The summed E-state index contributed by atoms with van der Waals surface area (Å²) in [5, 5.41) is 11.5. The lowest BCUT2D eigenvalue weighted by Crippen LogP contribution is -2.16. The lowest BCUT2D eigenvalue weighted by molar-refractivity contribution is -0.119. The standard InChI is InChI=1S/C9H15N3O2S2/c1-4-6(2)15-9-12-11-8(16-9)10-7(13)5-14-3/h6H,4-5H2,1-3H3,(H,10,11,13). The molecule has 5 nitrogen and oxygen atoms in total. The van der Waals surface area contributed by atoms with Gasteiger partial charge in [0.05, 0.1) is 0 Å².